The van der Waals surface area contributed by atoms with Crippen molar-refractivity contribution in [1.29, 1.82) is 0 Å². The molecule has 1 aliphatic rings. The lowest BCUT2D eigenvalue weighted by atomic mass is 10.1. The minimum Gasteiger partial charge on any atom is -0.506 e. The molecule has 0 radical (unpaired) electrons. The maximum Gasteiger partial charge on any atom is 0.322 e. The van der Waals surface area contributed by atoms with Crippen LogP contribution in [0.3, 0.4) is 0 Å². The number of aliphatic carboxylic acids is 1. The van der Waals surface area contributed by atoms with Crippen LogP contribution in [0.1, 0.15) is 32.7 Å². The second-order valence-electron chi connectivity index (χ2n) is 6.19. The van der Waals surface area contributed by atoms with Crippen molar-refractivity contribution >= 4 is 23.5 Å². The lowest BCUT2D eigenvalue weighted by Crippen LogP contribution is -2.37. The van der Waals surface area contributed by atoms with Gasteiger partial charge in [0.05, 0.1) is 25.5 Å². The highest BCUT2D eigenvalue weighted by atomic mass is 35.5. The number of amides is 1. The Balaban J connectivity index is 2.08. The highest BCUT2D eigenvalue weighted by Gasteiger charge is 2.29. The first-order chi connectivity index (χ1) is 12.8. The summed E-state index contributed by atoms with van der Waals surface area (Å²) in [6.07, 6.45) is 0. The van der Waals surface area contributed by atoms with E-state index in [-0.39, 0.29) is 19.8 Å². The van der Waals surface area contributed by atoms with Gasteiger partial charge in [-0.1, -0.05) is 23.7 Å². The summed E-state index contributed by atoms with van der Waals surface area (Å²) in [6, 6.07) is 5.31. The van der Waals surface area contributed by atoms with Crippen LogP contribution in [0.4, 0.5) is 0 Å². The third kappa shape index (κ3) is 3.67. The molecule has 1 aliphatic heterocycles. The highest BCUT2D eigenvalue weighted by molar-refractivity contribution is 6.31. The predicted molar refractivity (Wildman–Crippen MR) is 96.1 cm³/mol. The van der Waals surface area contributed by atoms with Gasteiger partial charge in [0.1, 0.15) is 17.9 Å². The standard InChI is InChI=1S/C18H17ClN2O6/c1-9-4-10(2-3-12(9)19)6-21-13-8-27-7-11(13)16(24)15(18(21)26)17(25)20-5-14(22)23/h2-4,24H,5-8H2,1H3,(H,20,25)(H,22,23). The molecule has 3 rings (SSSR count). The van der Waals surface area contributed by atoms with Gasteiger partial charge in [-0.15, -0.1) is 0 Å². The first kappa shape index (κ1) is 18.9. The zero-order valence-corrected chi connectivity index (χ0v) is 15.2. The van der Waals surface area contributed by atoms with E-state index in [9.17, 15) is 19.5 Å². The van der Waals surface area contributed by atoms with Crippen molar-refractivity contribution in [2.75, 3.05) is 6.54 Å². The Morgan fingerprint density at radius 1 is 1.33 bits per heavy atom. The Labute approximate surface area is 159 Å². The molecule has 3 N–H and O–H groups in total. The van der Waals surface area contributed by atoms with E-state index in [1.807, 2.05) is 13.0 Å². The number of aryl methyl sites for hydroxylation is 1. The smallest absolute Gasteiger partial charge is 0.322 e. The molecule has 1 aromatic carbocycles. The number of aromatic nitrogens is 1. The fourth-order valence-corrected chi connectivity index (χ4v) is 3.10. The van der Waals surface area contributed by atoms with Crippen molar-refractivity contribution in [2.45, 2.75) is 26.7 Å². The molecule has 0 fully saturated rings. The van der Waals surface area contributed by atoms with Gasteiger partial charge in [-0.2, -0.15) is 0 Å². The number of halogens is 1. The Bertz CT molecular complexity index is 998. The normalized spacial score (nSPS) is 12.7. The van der Waals surface area contributed by atoms with E-state index >= 15 is 0 Å². The van der Waals surface area contributed by atoms with Gasteiger partial charge < -0.3 is 24.8 Å². The highest BCUT2D eigenvalue weighted by Crippen LogP contribution is 2.30. The second-order valence-corrected chi connectivity index (χ2v) is 6.60. The maximum atomic E-state index is 12.9. The quantitative estimate of drug-likeness (QED) is 0.708. The van der Waals surface area contributed by atoms with Crippen LogP contribution in [0.5, 0.6) is 5.75 Å². The van der Waals surface area contributed by atoms with Crippen LogP contribution in [0.2, 0.25) is 5.02 Å². The summed E-state index contributed by atoms with van der Waals surface area (Å²) in [5, 5.41) is 21.8. The molecule has 0 unspecified atom stereocenters. The summed E-state index contributed by atoms with van der Waals surface area (Å²) in [4.78, 5) is 35.9. The molecule has 0 atom stereocenters. The summed E-state index contributed by atoms with van der Waals surface area (Å²) in [6.45, 7) is 1.51. The molecule has 1 aromatic heterocycles. The third-order valence-electron chi connectivity index (χ3n) is 4.33. The van der Waals surface area contributed by atoms with E-state index in [1.54, 1.807) is 12.1 Å². The molecule has 1 amide bonds. The second kappa shape index (κ2) is 7.42. The number of carbonyl (C=O) groups excluding carboxylic acids is 1. The molecular formula is C18H17ClN2O6. The van der Waals surface area contributed by atoms with Crippen LogP contribution in [0.15, 0.2) is 23.0 Å². The van der Waals surface area contributed by atoms with Gasteiger partial charge >= 0.3 is 5.97 Å². The summed E-state index contributed by atoms with van der Waals surface area (Å²) < 4.78 is 6.70. The molecule has 0 saturated heterocycles. The van der Waals surface area contributed by atoms with Crippen molar-refractivity contribution in [2.24, 2.45) is 0 Å². The van der Waals surface area contributed by atoms with E-state index in [1.165, 1.54) is 4.57 Å². The average molecular weight is 393 g/mol. The van der Waals surface area contributed by atoms with E-state index < -0.39 is 35.3 Å². The Morgan fingerprint density at radius 3 is 2.74 bits per heavy atom. The number of fused-ring (bicyclic) bond motifs is 1. The van der Waals surface area contributed by atoms with Gasteiger partial charge in [0.15, 0.2) is 0 Å². The van der Waals surface area contributed by atoms with E-state index in [0.717, 1.165) is 11.1 Å². The van der Waals surface area contributed by atoms with E-state index in [0.29, 0.717) is 16.3 Å². The van der Waals surface area contributed by atoms with Crippen LogP contribution in [0.25, 0.3) is 0 Å². The fraction of sp³-hybridized carbons (Fsp3) is 0.278. The van der Waals surface area contributed by atoms with Gasteiger partial charge in [-0.05, 0) is 24.1 Å². The Hall–Kier alpha value is -2.84. The van der Waals surface area contributed by atoms with Crippen molar-refractivity contribution in [3.8, 4) is 5.75 Å². The number of carboxylic acid groups (broad SMARTS) is 1. The number of hydrogen-bond acceptors (Lipinski definition) is 5. The number of aromatic hydroxyl groups is 1. The lowest BCUT2D eigenvalue weighted by Gasteiger charge is -2.16. The molecule has 2 aromatic rings. The van der Waals surface area contributed by atoms with Crippen LogP contribution < -0.4 is 10.9 Å². The molecule has 142 valence electrons. The van der Waals surface area contributed by atoms with Crippen molar-refractivity contribution in [3.63, 3.8) is 0 Å². The number of nitrogens with zero attached hydrogens (tertiary/aromatic N) is 1. The molecule has 0 spiro atoms. The largest absolute Gasteiger partial charge is 0.506 e. The summed E-state index contributed by atoms with van der Waals surface area (Å²) >= 11 is 6.03. The average Bonchev–Trinajstić information content (AvgIpc) is 3.10. The first-order valence-corrected chi connectivity index (χ1v) is 8.47. The Kier molecular flexibility index (Phi) is 5.20. The maximum absolute atomic E-state index is 12.9. The minimum atomic E-state index is -1.26. The monoisotopic (exact) mass is 392 g/mol. The molecule has 0 bridgehead atoms. The minimum absolute atomic E-state index is 0.0559. The van der Waals surface area contributed by atoms with Crippen molar-refractivity contribution in [3.05, 3.63) is 61.5 Å². The number of nitrogens with one attached hydrogen (secondary N) is 1. The molecule has 2 heterocycles. The molecule has 8 nitrogen and oxygen atoms in total. The van der Waals surface area contributed by atoms with E-state index in [4.69, 9.17) is 21.4 Å². The summed E-state index contributed by atoms with van der Waals surface area (Å²) in [5.74, 6) is -2.68. The number of hydrogen-bond donors (Lipinski definition) is 3. The van der Waals surface area contributed by atoms with Crippen LogP contribution in [-0.2, 0) is 29.3 Å². The Morgan fingerprint density at radius 2 is 2.07 bits per heavy atom. The van der Waals surface area contributed by atoms with E-state index in [2.05, 4.69) is 5.32 Å². The van der Waals surface area contributed by atoms with Crippen molar-refractivity contribution < 1.29 is 24.5 Å². The van der Waals surface area contributed by atoms with Gasteiger partial charge in [-0.25, -0.2) is 0 Å². The van der Waals surface area contributed by atoms with Crippen LogP contribution >= 0.6 is 11.6 Å². The number of carbonyl (C=O) groups is 2. The number of benzene rings is 1. The SMILES string of the molecule is Cc1cc(Cn2c3c(c(O)c(C(=O)NCC(=O)O)c2=O)COC3)ccc1Cl. The van der Waals surface area contributed by atoms with Gasteiger partial charge in [0.25, 0.3) is 11.5 Å². The molecule has 9 heteroatoms. The van der Waals surface area contributed by atoms with Gasteiger partial charge in [0, 0.05) is 10.6 Å². The third-order valence-corrected chi connectivity index (χ3v) is 4.76. The summed E-state index contributed by atoms with van der Waals surface area (Å²) in [5.41, 5.74) is 1.25. The molecular weight excluding hydrogens is 376 g/mol. The predicted octanol–water partition coefficient (Wildman–Crippen LogP) is 1.41. The van der Waals surface area contributed by atoms with Crippen LogP contribution in [-0.4, -0.2) is 33.2 Å². The van der Waals surface area contributed by atoms with Gasteiger partial charge in [0.2, 0.25) is 0 Å². The number of carboxylic acids is 1. The number of pyridine rings is 1. The zero-order chi connectivity index (χ0) is 19.7. The molecule has 0 aliphatic carbocycles. The zero-order valence-electron chi connectivity index (χ0n) is 14.4. The van der Waals surface area contributed by atoms with Crippen LogP contribution in [0, 0.1) is 6.92 Å². The van der Waals surface area contributed by atoms with Gasteiger partial charge in [-0.3, -0.25) is 14.4 Å². The number of ether oxygens (including phenoxy) is 1. The topological polar surface area (TPSA) is 118 Å². The molecule has 0 saturated carbocycles. The number of rotatable bonds is 5. The van der Waals surface area contributed by atoms with Crippen molar-refractivity contribution in [1.82, 2.24) is 9.88 Å². The summed E-state index contributed by atoms with van der Waals surface area (Å²) in [7, 11) is 0. The first-order valence-electron chi connectivity index (χ1n) is 8.10. The fourth-order valence-electron chi connectivity index (χ4n) is 2.98. The lowest BCUT2D eigenvalue weighted by molar-refractivity contribution is -0.135. The molecule has 27 heavy (non-hydrogen) atoms.